The van der Waals surface area contributed by atoms with Gasteiger partial charge in [-0.25, -0.2) is 4.98 Å². The van der Waals surface area contributed by atoms with E-state index in [1.165, 1.54) is 12.7 Å². The zero-order valence-electron chi connectivity index (χ0n) is 16.1. The van der Waals surface area contributed by atoms with E-state index in [2.05, 4.69) is 10.3 Å². The number of likely N-dealkylation sites (tertiary alicyclic amines) is 1. The molecule has 0 aliphatic carbocycles. The summed E-state index contributed by atoms with van der Waals surface area (Å²) >= 11 is 0. The van der Waals surface area contributed by atoms with Crippen molar-refractivity contribution in [3.8, 4) is 0 Å². The molecule has 2 fully saturated rings. The Morgan fingerprint density at radius 1 is 1.37 bits per heavy atom. The van der Waals surface area contributed by atoms with E-state index in [4.69, 9.17) is 9.15 Å². The topological polar surface area (TPSA) is 108 Å². The Labute approximate surface area is 158 Å². The maximum Gasteiger partial charge on any atom is 0.275 e. The number of aromatic nitrogens is 1. The summed E-state index contributed by atoms with van der Waals surface area (Å²) in [5.41, 5.74) is -1.25. The van der Waals surface area contributed by atoms with Gasteiger partial charge in [0.25, 0.3) is 5.91 Å². The first-order valence-corrected chi connectivity index (χ1v) is 9.21. The molecule has 1 aromatic heterocycles. The lowest BCUT2D eigenvalue weighted by atomic mass is 9.73. The molecule has 3 heterocycles. The Bertz CT molecular complexity index is 669. The van der Waals surface area contributed by atoms with Gasteiger partial charge in [0.15, 0.2) is 12.1 Å². The summed E-state index contributed by atoms with van der Waals surface area (Å²) in [6.45, 7) is 3.47. The second kappa shape index (κ2) is 7.57. The Morgan fingerprint density at radius 2 is 2.07 bits per heavy atom. The first kappa shape index (κ1) is 19.8. The smallest absolute Gasteiger partial charge is 0.275 e. The Morgan fingerprint density at radius 3 is 2.67 bits per heavy atom. The van der Waals surface area contributed by atoms with E-state index in [1.807, 2.05) is 21.0 Å². The first-order valence-electron chi connectivity index (χ1n) is 9.21. The Kier molecular flexibility index (Phi) is 5.55. The average molecular weight is 380 g/mol. The summed E-state index contributed by atoms with van der Waals surface area (Å²) in [6, 6.07) is 0. The lowest BCUT2D eigenvalue weighted by Crippen LogP contribution is -2.69. The number of rotatable bonds is 4. The van der Waals surface area contributed by atoms with E-state index < -0.39 is 17.2 Å². The van der Waals surface area contributed by atoms with Gasteiger partial charge in [0.2, 0.25) is 5.91 Å². The fourth-order valence-electron chi connectivity index (χ4n) is 4.02. The molecular weight excluding hydrogens is 352 g/mol. The van der Waals surface area contributed by atoms with Crippen LogP contribution in [-0.4, -0.2) is 89.3 Å². The summed E-state index contributed by atoms with van der Waals surface area (Å²) in [5, 5.41) is 14.1. The fourth-order valence-corrected chi connectivity index (χ4v) is 4.02. The van der Waals surface area contributed by atoms with Gasteiger partial charge >= 0.3 is 0 Å². The predicted molar refractivity (Wildman–Crippen MR) is 96.0 cm³/mol. The second-order valence-electron chi connectivity index (χ2n) is 7.94. The van der Waals surface area contributed by atoms with Crippen molar-refractivity contribution in [3.05, 3.63) is 18.4 Å². The molecule has 27 heavy (non-hydrogen) atoms. The van der Waals surface area contributed by atoms with E-state index in [9.17, 15) is 14.7 Å². The van der Waals surface area contributed by atoms with E-state index in [0.717, 1.165) is 0 Å². The van der Waals surface area contributed by atoms with Crippen LogP contribution in [0.2, 0.25) is 0 Å². The third-order valence-corrected chi connectivity index (χ3v) is 5.55. The van der Waals surface area contributed by atoms with Crippen molar-refractivity contribution in [2.45, 2.75) is 43.4 Å². The van der Waals surface area contributed by atoms with Crippen LogP contribution in [0.15, 0.2) is 17.1 Å². The number of amides is 2. The number of nitrogens with zero attached hydrogens (tertiary/aromatic N) is 3. The largest absolute Gasteiger partial charge is 0.451 e. The van der Waals surface area contributed by atoms with Gasteiger partial charge in [0, 0.05) is 19.7 Å². The number of carbonyl (C=O) groups excluding carboxylic acids is 2. The number of nitrogens with one attached hydrogen (secondary N) is 1. The maximum atomic E-state index is 12.4. The molecule has 2 N–H and O–H groups in total. The molecule has 2 amide bonds. The summed E-state index contributed by atoms with van der Waals surface area (Å²) in [6.07, 6.45) is 3.24. The predicted octanol–water partition coefficient (Wildman–Crippen LogP) is -0.133. The molecule has 2 aliphatic rings. The van der Waals surface area contributed by atoms with Gasteiger partial charge in [-0.2, -0.15) is 0 Å². The van der Waals surface area contributed by atoms with Gasteiger partial charge in [-0.15, -0.1) is 0 Å². The highest BCUT2D eigenvalue weighted by atomic mass is 16.5. The van der Waals surface area contributed by atoms with Crippen molar-refractivity contribution in [1.29, 1.82) is 0 Å². The molecule has 2 atom stereocenters. The van der Waals surface area contributed by atoms with Crippen LogP contribution in [0.4, 0.5) is 0 Å². The van der Waals surface area contributed by atoms with Crippen LogP contribution >= 0.6 is 0 Å². The molecule has 0 aromatic carbocycles. The molecule has 9 heteroatoms. The molecule has 2 saturated heterocycles. The molecule has 9 nitrogen and oxygen atoms in total. The molecule has 0 radical (unpaired) electrons. The summed E-state index contributed by atoms with van der Waals surface area (Å²) in [7, 11) is 3.65. The minimum atomic E-state index is -0.853. The number of likely N-dealkylation sites (N-methyl/N-ethyl adjacent to an activating group) is 1. The molecular formula is C18H28N4O5. The van der Waals surface area contributed by atoms with Crippen molar-refractivity contribution in [1.82, 2.24) is 20.1 Å². The number of piperidine rings is 1. The standard InChI is InChI=1S/C18H28N4O5/c1-17(20-14(23)10-21(2)3)6-9-27-18(16(17)25)4-7-22(8-5-18)15(24)13-11-26-12-19-13/h11-12,16,25H,4-10H2,1-3H3,(H,20,23)/t16-,17+/m1/s1. The van der Waals surface area contributed by atoms with Crippen LogP contribution in [0.5, 0.6) is 0 Å². The van der Waals surface area contributed by atoms with Crippen LogP contribution < -0.4 is 5.32 Å². The molecule has 3 rings (SSSR count). The van der Waals surface area contributed by atoms with Crippen LogP contribution in [0.1, 0.15) is 36.7 Å². The minimum Gasteiger partial charge on any atom is -0.451 e. The van der Waals surface area contributed by atoms with Gasteiger partial charge in [0.05, 0.1) is 17.7 Å². The third-order valence-electron chi connectivity index (χ3n) is 5.55. The van der Waals surface area contributed by atoms with Gasteiger partial charge in [0.1, 0.15) is 12.4 Å². The summed E-state index contributed by atoms with van der Waals surface area (Å²) in [5.74, 6) is -0.316. The quantitative estimate of drug-likeness (QED) is 0.749. The molecule has 0 saturated carbocycles. The Balaban J connectivity index is 1.66. The van der Waals surface area contributed by atoms with Crippen LogP contribution in [0.3, 0.4) is 0 Å². The number of oxazole rings is 1. The van der Waals surface area contributed by atoms with Crippen molar-refractivity contribution in [3.63, 3.8) is 0 Å². The number of aliphatic hydroxyl groups excluding tert-OH is 1. The lowest BCUT2D eigenvalue weighted by Gasteiger charge is -2.53. The number of hydrogen-bond acceptors (Lipinski definition) is 7. The molecule has 0 bridgehead atoms. The van der Waals surface area contributed by atoms with E-state index in [-0.39, 0.29) is 24.1 Å². The van der Waals surface area contributed by atoms with E-state index >= 15 is 0 Å². The summed E-state index contributed by atoms with van der Waals surface area (Å²) in [4.78, 5) is 32.0. The van der Waals surface area contributed by atoms with Crippen molar-refractivity contribution < 1.29 is 23.8 Å². The Hall–Kier alpha value is -1.97. The van der Waals surface area contributed by atoms with Crippen LogP contribution in [0.25, 0.3) is 0 Å². The van der Waals surface area contributed by atoms with Crippen molar-refractivity contribution in [2.75, 3.05) is 40.3 Å². The van der Waals surface area contributed by atoms with E-state index in [0.29, 0.717) is 39.0 Å². The zero-order chi connectivity index (χ0) is 19.7. The lowest BCUT2D eigenvalue weighted by molar-refractivity contribution is -0.205. The number of carbonyl (C=O) groups is 2. The van der Waals surface area contributed by atoms with Crippen LogP contribution in [0, 0.1) is 0 Å². The molecule has 1 spiro atoms. The third kappa shape index (κ3) is 3.99. The van der Waals surface area contributed by atoms with E-state index in [1.54, 1.807) is 9.80 Å². The normalized spacial score (nSPS) is 27.7. The van der Waals surface area contributed by atoms with Gasteiger partial charge < -0.3 is 29.4 Å². The summed E-state index contributed by atoms with van der Waals surface area (Å²) < 4.78 is 10.9. The highest BCUT2D eigenvalue weighted by Gasteiger charge is 2.54. The van der Waals surface area contributed by atoms with Gasteiger partial charge in [-0.05, 0) is 40.3 Å². The molecule has 0 unspecified atom stereocenters. The monoisotopic (exact) mass is 380 g/mol. The first-order chi connectivity index (χ1) is 12.8. The molecule has 150 valence electrons. The van der Waals surface area contributed by atoms with Gasteiger partial charge in [-0.3, -0.25) is 9.59 Å². The molecule has 1 aromatic rings. The van der Waals surface area contributed by atoms with Gasteiger partial charge in [-0.1, -0.05) is 0 Å². The second-order valence-corrected chi connectivity index (χ2v) is 7.94. The van der Waals surface area contributed by atoms with Crippen LogP contribution in [-0.2, 0) is 9.53 Å². The van der Waals surface area contributed by atoms with Crippen molar-refractivity contribution in [2.24, 2.45) is 0 Å². The number of aliphatic hydroxyl groups is 1. The number of hydrogen-bond donors (Lipinski definition) is 2. The van der Waals surface area contributed by atoms with Crippen molar-refractivity contribution >= 4 is 11.8 Å². The fraction of sp³-hybridized carbons (Fsp3) is 0.722. The molecule has 2 aliphatic heterocycles. The zero-order valence-corrected chi connectivity index (χ0v) is 16.1. The minimum absolute atomic E-state index is 0.128. The number of ether oxygens (including phenoxy) is 1. The average Bonchev–Trinajstić information content (AvgIpc) is 3.14. The highest BCUT2D eigenvalue weighted by Crippen LogP contribution is 2.40. The maximum absolute atomic E-state index is 12.4. The highest BCUT2D eigenvalue weighted by molar-refractivity contribution is 5.92. The SMILES string of the molecule is CN(C)CC(=O)N[C@@]1(C)CCOC2(CCN(C(=O)c3cocn3)CC2)[C@@H]1O.